The van der Waals surface area contributed by atoms with Gasteiger partial charge in [-0.2, -0.15) is 38.2 Å². The summed E-state index contributed by atoms with van der Waals surface area (Å²) >= 11 is 1.04. The second-order valence-electron chi connectivity index (χ2n) is 15.5. The van der Waals surface area contributed by atoms with E-state index in [0.717, 1.165) is 28.1 Å². The average Bonchev–Trinajstić information content (AvgIpc) is 3.98. The number of nitrogens with zero attached hydrogens (tertiary/aromatic N) is 2. The number of hydrogen-bond acceptors (Lipinski definition) is 17. The van der Waals surface area contributed by atoms with Gasteiger partial charge in [0.05, 0.1) is 46.4 Å². The van der Waals surface area contributed by atoms with Crippen molar-refractivity contribution in [2.75, 3.05) is 29.5 Å². The molecule has 0 radical (unpaired) electrons. The van der Waals surface area contributed by atoms with Crippen LogP contribution in [0.5, 0.6) is 0 Å². The summed E-state index contributed by atoms with van der Waals surface area (Å²) in [4.78, 5) is 1.50. The van der Waals surface area contributed by atoms with Crippen molar-refractivity contribution in [1.29, 1.82) is 0 Å². The highest BCUT2D eigenvalue weighted by atomic mass is 32.2. The Morgan fingerprint density at radius 2 is 1.42 bits per heavy atom. The van der Waals surface area contributed by atoms with E-state index in [1.165, 1.54) is 18.2 Å². The zero-order valence-corrected chi connectivity index (χ0v) is 38.4. The highest BCUT2D eigenvalue weighted by Crippen LogP contribution is 2.56. The standard InChI is InChI=1S/C39H38N2O18S6/c42-56-58-60-26-18-24-8-12-31-37(35(24)33(20-26)65(53,54)55)29-11-7-23(39(29)41(31)15-3-17-63(47,48)49)5-1-4-22-6-10-28-36-30(40(38(22)28)14-2-16-62(44,45)46)13-9-25-19-27(64(50,51)52)21-32(34(25)36)61-59-57-43/h1,4-5,8-9,12-13,18-21,28-29H,2-3,6-7,10-11,14-17H2,(H5-,42,43,44,45,46,47,48,49,50,51,52,53,54,55)/p+1. The molecule has 1 fully saturated rings. The van der Waals surface area contributed by atoms with Gasteiger partial charge in [-0.25, -0.2) is 10.5 Å². The molecule has 2 aliphatic carbocycles. The predicted octanol–water partition coefficient (Wildman–Crippen LogP) is 7.01. The van der Waals surface area contributed by atoms with Gasteiger partial charge in [0.2, 0.25) is 5.69 Å². The monoisotopic (exact) mass is 1020 g/mol. The van der Waals surface area contributed by atoms with Crippen LogP contribution in [0.2, 0.25) is 0 Å². The predicted molar refractivity (Wildman–Crippen MR) is 236 cm³/mol. The van der Waals surface area contributed by atoms with Crippen LogP contribution >= 0.6 is 24.1 Å². The molecule has 4 aromatic rings. The highest BCUT2D eigenvalue weighted by Gasteiger charge is 2.47. The fraction of sp³-hybridized carbons (Fsp3) is 0.308. The average molecular weight is 1020 g/mol. The lowest BCUT2D eigenvalue weighted by atomic mass is 9.92. The van der Waals surface area contributed by atoms with Gasteiger partial charge in [-0.05, 0) is 90.4 Å². The molecule has 8 rings (SSSR count). The lowest BCUT2D eigenvalue weighted by Gasteiger charge is -2.23. The molecule has 6 N–H and O–H groups in total. The second-order valence-corrected chi connectivity index (χ2v) is 23.0. The summed E-state index contributed by atoms with van der Waals surface area (Å²) in [7, 11) is -18.1. The van der Waals surface area contributed by atoms with Crippen LogP contribution in [-0.2, 0) is 59.2 Å². The Kier molecular flexibility index (Phi) is 13.5. The van der Waals surface area contributed by atoms with Crippen LogP contribution in [0.1, 0.15) is 61.5 Å². The lowest BCUT2D eigenvalue weighted by molar-refractivity contribution is -0.437. The molecule has 0 spiro atoms. The first-order valence-corrected chi connectivity index (χ1v) is 27.2. The Morgan fingerprint density at radius 1 is 0.738 bits per heavy atom. The number of rotatable bonds is 18. The maximum atomic E-state index is 12.9. The molecule has 348 valence electrons. The molecule has 20 nitrogen and oxygen atoms in total. The van der Waals surface area contributed by atoms with E-state index in [9.17, 15) is 51.9 Å². The maximum Gasteiger partial charge on any atom is 0.295 e. The van der Waals surface area contributed by atoms with Crippen LogP contribution in [0.4, 0.5) is 11.4 Å². The number of fused-ring (bicyclic) bond motifs is 10. The van der Waals surface area contributed by atoms with E-state index in [2.05, 4.69) is 14.4 Å². The first-order valence-electron chi connectivity index (χ1n) is 19.6. The van der Waals surface area contributed by atoms with Gasteiger partial charge in [0.1, 0.15) is 11.4 Å². The molecule has 2 aliphatic heterocycles. The number of hydrogen-bond donors (Lipinski definition) is 6. The van der Waals surface area contributed by atoms with Crippen molar-refractivity contribution in [3.05, 3.63) is 94.7 Å². The minimum absolute atomic E-state index is 0.0195. The molecule has 0 bridgehead atoms. The summed E-state index contributed by atoms with van der Waals surface area (Å²) in [6.07, 6.45) is 7.91. The molecule has 0 amide bonds. The van der Waals surface area contributed by atoms with Gasteiger partial charge in [0.15, 0.2) is 5.71 Å². The van der Waals surface area contributed by atoms with Crippen molar-refractivity contribution in [2.45, 2.75) is 69.9 Å². The molecule has 1 saturated carbocycles. The van der Waals surface area contributed by atoms with E-state index in [4.69, 9.17) is 14.8 Å². The van der Waals surface area contributed by atoms with E-state index in [0.29, 0.717) is 82.9 Å². The Hall–Kier alpha value is -3.81. The van der Waals surface area contributed by atoms with E-state index < -0.39 is 67.7 Å². The smallest absolute Gasteiger partial charge is 0.295 e. The second kappa shape index (κ2) is 18.4. The summed E-state index contributed by atoms with van der Waals surface area (Å²) in [6.45, 7) is 0.299. The molecule has 4 aromatic carbocycles. The van der Waals surface area contributed by atoms with Gasteiger partial charge < -0.3 is 4.90 Å². The zero-order chi connectivity index (χ0) is 46.6. The van der Waals surface area contributed by atoms with Gasteiger partial charge >= 0.3 is 0 Å². The number of anilines is 1. The van der Waals surface area contributed by atoms with Crippen molar-refractivity contribution in [3.8, 4) is 0 Å². The van der Waals surface area contributed by atoms with E-state index >= 15 is 0 Å². The van der Waals surface area contributed by atoms with Crippen LogP contribution in [0, 0.1) is 0 Å². The van der Waals surface area contributed by atoms with E-state index in [1.54, 1.807) is 30.3 Å². The van der Waals surface area contributed by atoms with E-state index in [-0.39, 0.29) is 47.0 Å². The van der Waals surface area contributed by atoms with Crippen molar-refractivity contribution < 1.29 is 85.7 Å². The summed E-state index contributed by atoms with van der Waals surface area (Å²) < 4.78 is 148. The van der Waals surface area contributed by atoms with Crippen LogP contribution in [0.25, 0.3) is 21.5 Å². The van der Waals surface area contributed by atoms with E-state index in [1.807, 2.05) is 27.7 Å². The van der Waals surface area contributed by atoms with Gasteiger partial charge in [-0.3, -0.25) is 18.2 Å². The van der Waals surface area contributed by atoms with Crippen molar-refractivity contribution in [3.63, 3.8) is 0 Å². The minimum atomic E-state index is -4.84. The summed E-state index contributed by atoms with van der Waals surface area (Å²) in [6, 6.07) is 12.1. The quantitative estimate of drug-likeness (QED) is 0.0192. The topological polar surface area (TPSA) is 301 Å². The molecular formula is C39H39N2O18S6+. The fourth-order valence-corrected chi connectivity index (χ4v) is 13.1. The third kappa shape index (κ3) is 9.80. The zero-order valence-electron chi connectivity index (χ0n) is 33.5. The Morgan fingerprint density at radius 3 is 2.11 bits per heavy atom. The fourth-order valence-electron chi connectivity index (χ4n) is 9.61. The first-order chi connectivity index (χ1) is 30.7. The van der Waals surface area contributed by atoms with Crippen molar-refractivity contribution >= 4 is 103 Å². The molecular weight excluding hydrogens is 977 g/mol. The normalized spacial score (nSPS) is 19.4. The molecule has 26 heteroatoms. The molecule has 4 aliphatic rings. The van der Waals surface area contributed by atoms with Gasteiger partial charge in [-0.15, -0.1) is 8.67 Å². The van der Waals surface area contributed by atoms with Crippen LogP contribution in [0.15, 0.2) is 103 Å². The van der Waals surface area contributed by atoms with Gasteiger partial charge in [0, 0.05) is 68.0 Å². The highest BCUT2D eigenvalue weighted by molar-refractivity contribution is 7.95. The molecule has 0 saturated heterocycles. The van der Waals surface area contributed by atoms with Crippen LogP contribution < -0.4 is 4.90 Å². The van der Waals surface area contributed by atoms with Crippen LogP contribution in [0.3, 0.4) is 0 Å². The summed E-state index contributed by atoms with van der Waals surface area (Å²) in [5.41, 5.74) is 5.96. The number of benzene rings is 4. The number of allylic oxidation sites excluding steroid dienone is 6. The third-order valence-corrected chi connectivity index (χ3v) is 16.3. The van der Waals surface area contributed by atoms with Crippen LogP contribution in [-0.4, -0.2) is 97.3 Å². The molecule has 2 heterocycles. The van der Waals surface area contributed by atoms with Crippen molar-refractivity contribution in [2.24, 2.45) is 0 Å². The third-order valence-electron chi connectivity index (χ3n) is 11.8. The molecule has 2 atom stereocenters. The summed E-state index contributed by atoms with van der Waals surface area (Å²) in [5.74, 6) is -1.73. The van der Waals surface area contributed by atoms with Gasteiger partial charge in [0.25, 0.3) is 40.5 Å². The maximum absolute atomic E-state index is 12.9. The SMILES string of the molecule is O=S(=O)(O)CCCN1C2=C(/C=C/C=C3\CCC4C3=[N+](CCCS(=O)(=O)O)c3ccc5cc(SOOO)cc(S(=O)(=O)O)c5c34)CCC2c2c1ccc1cc(S(=O)(=O)O)cc(SOOO)c21. The molecule has 2 unspecified atom stereocenters. The Balaban J connectivity index is 1.22. The Bertz CT molecular complexity index is 3220. The van der Waals surface area contributed by atoms with Gasteiger partial charge in [-0.1, -0.05) is 34.4 Å². The summed E-state index contributed by atoms with van der Waals surface area (Å²) in [5, 5.41) is 26.8. The minimum Gasteiger partial charge on any atom is -0.344 e. The van der Waals surface area contributed by atoms with Crippen molar-refractivity contribution in [1.82, 2.24) is 0 Å². The lowest BCUT2D eigenvalue weighted by Crippen LogP contribution is -2.23. The first kappa shape index (κ1) is 47.7. The largest absolute Gasteiger partial charge is 0.344 e. The Labute approximate surface area is 380 Å². The molecule has 0 aromatic heterocycles. The molecule has 65 heavy (non-hydrogen) atoms.